The van der Waals surface area contributed by atoms with E-state index in [2.05, 4.69) is 16.8 Å². The van der Waals surface area contributed by atoms with E-state index in [1.165, 1.54) is 28.9 Å². The second kappa shape index (κ2) is 6.18. The zero-order valence-electron chi connectivity index (χ0n) is 11.6. The molecule has 0 saturated heterocycles. The Kier molecular flexibility index (Phi) is 4.10. The van der Waals surface area contributed by atoms with Crippen molar-refractivity contribution in [1.82, 2.24) is 14.9 Å². The molecule has 8 heteroatoms. The minimum atomic E-state index is -0.450. The number of thioether (sulfide) groups is 1. The van der Waals surface area contributed by atoms with E-state index in [9.17, 15) is 9.18 Å². The molecular formula is C14H13FN4O2S. The molecule has 0 aliphatic carbocycles. The van der Waals surface area contributed by atoms with Crippen molar-refractivity contribution in [2.75, 3.05) is 17.3 Å². The van der Waals surface area contributed by atoms with Gasteiger partial charge in [0.05, 0.1) is 12.3 Å². The molecule has 1 aromatic heterocycles. The first-order valence-electron chi connectivity index (χ1n) is 6.56. The van der Waals surface area contributed by atoms with Crippen LogP contribution in [0.15, 0.2) is 42.1 Å². The van der Waals surface area contributed by atoms with E-state index in [-0.39, 0.29) is 18.3 Å². The largest absolute Gasteiger partial charge is 0.482 e. The van der Waals surface area contributed by atoms with Gasteiger partial charge in [-0.05, 0) is 12.1 Å². The van der Waals surface area contributed by atoms with Crippen molar-refractivity contribution in [3.05, 3.63) is 48.6 Å². The van der Waals surface area contributed by atoms with Crippen LogP contribution >= 0.6 is 11.8 Å². The highest BCUT2D eigenvalue weighted by Crippen LogP contribution is 2.24. The summed E-state index contributed by atoms with van der Waals surface area (Å²) in [4.78, 5) is 12.0. The fourth-order valence-electron chi connectivity index (χ4n) is 2.04. The monoisotopic (exact) mass is 320 g/mol. The molecule has 1 aromatic carbocycles. The van der Waals surface area contributed by atoms with Crippen LogP contribution in [0.1, 0.15) is 5.82 Å². The zero-order valence-corrected chi connectivity index (χ0v) is 12.4. The van der Waals surface area contributed by atoms with Gasteiger partial charge in [-0.15, -0.1) is 16.8 Å². The first kappa shape index (κ1) is 14.6. The number of benzene rings is 1. The Bertz CT molecular complexity index is 719. The third-order valence-corrected chi connectivity index (χ3v) is 3.93. The maximum Gasteiger partial charge on any atom is 0.252 e. The molecule has 2 heterocycles. The van der Waals surface area contributed by atoms with E-state index < -0.39 is 5.82 Å². The van der Waals surface area contributed by atoms with Gasteiger partial charge in [0.2, 0.25) is 5.16 Å². The van der Waals surface area contributed by atoms with Gasteiger partial charge in [0, 0.05) is 0 Å². The average Bonchev–Trinajstić information content (AvgIpc) is 2.93. The summed E-state index contributed by atoms with van der Waals surface area (Å²) in [5.74, 6) is 0.351. The number of carbonyl (C=O) groups is 1. The molecule has 114 valence electrons. The summed E-state index contributed by atoms with van der Waals surface area (Å²) in [5.41, 5.74) is 0. The lowest BCUT2D eigenvalue weighted by Crippen LogP contribution is -2.45. The molecule has 0 bridgehead atoms. The van der Waals surface area contributed by atoms with Gasteiger partial charge in [-0.2, -0.15) is 0 Å². The first-order chi connectivity index (χ1) is 10.7. The van der Waals surface area contributed by atoms with Crippen LogP contribution < -0.4 is 9.75 Å². The van der Waals surface area contributed by atoms with E-state index in [1.54, 1.807) is 22.9 Å². The molecule has 0 fully saturated rings. The van der Waals surface area contributed by atoms with E-state index in [0.717, 1.165) is 0 Å². The maximum absolute atomic E-state index is 13.6. The third-order valence-electron chi connectivity index (χ3n) is 3.03. The summed E-state index contributed by atoms with van der Waals surface area (Å²) >= 11 is 1.31. The topological polar surface area (TPSA) is 60.3 Å². The smallest absolute Gasteiger partial charge is 0.252 e. The second-order valence-electron chi connectivity index (χ2n) is 4.48. The van der Waals surface area contributed by atoms with Crippen LogP contribution in [0.4, 0.5) is 4.39 Å². The molecule has 0 radical (unpaired) electrons. The second-order valence-corrected chi connectivity index (χ2v) is 5.43. The van der Waals surface area contributed by atoms with Crippen LogP contribution in [0.5, 0.6) is 5.75 Å². The van der Waals surface area contributed by atoms with Crippen molar-refractivity contribution in [1.29, 1.82) is 0 Å². The van der Waals surface area contributed by atoms with Crippen molar-refractivity contribution >= 4 is 17.7 Å². The minimum absolute atomic E-state index is 0.00934. The van der Waals surface area contributed by atoms with Crippen LogP contribution in [0.3, 0.4) is 0 Å². The van der Waals surface area contributed by atoms with Gasteiger partial charge in [0.15, 0.2) is 17.4 Å². The number of hydrogen-bond donors (Lipinski definition) is 0. The van der Waals surface area contributed by atoms with Crippen LogP contribution in [-0.4, -0.2) is 33.1 Å². The van der Waals surface area contributed by atoms with Crippen molar-refractivity contribution < 1.29 is 13.9 Å². The van der Waals surface area contributed by atoms with Crippen molar-refractivity contribution in [2.24, 2.45) is 0 Å². The molecule has 22 heavy (non-hydrogen) atoms. The van der Waals surface area contributed by atoms with Gasteiger partial charge in [-0.3, -0.25) is 4.79 Å². The number of nitrogens with zero attached hydrogens (tertiary/aromatic N) is 4. The Balaban J connectivity index is 1.84. The molecule has 0 spiro atoms. The lowest BCUT2D eigenvalue weighted by molar-refractivity contribution is -0.117. The van der Waals surface area contributed by atoms with E-state index in [0.29, 0.717) is 23.3 Å². The zero-order chi connectivity index (χ0) is 15.5. The summed E-state index contributed by atoms with van der Waals surface area (Å²) in [5, 5.41) is 10.2. The first-order valence-corrected chi connectivity index (χ1v) is 7.55. The summed E-state index contributed by atoms with van der Waals surface area (Å²) in [7, 11) is 0. The Hall–Kier alpha value is -2.35. The molecular weight excluding hydrogens is 307 g/mol. The van der Waals surface area contributed by atoms with E-state index in [4.69, 9.17) is 4.74 Å². The number of ether oxygens (including phenoxy) is 1. The highest BCUT2D eigenvalue weighted by Gasteiger charge is 2.28. The number of rotatable bonds is 5. The fraction of sp³-hybridized carbons (Fsp3) is 0.214. The number of amides is 1. The molecule has 2 aromatic rings. The number of carbonyl (C=O) groups excluding carboxylic acids is 1. The third kappa shape index (κ3) is 2.69. The van der Waals surface area contributed by atoms with Crippen LogP contribution in [0, 0.1) is 5.82 Å². The molecule has 1 aliphatic rings. The van der Waals surface area contributed by atoms with Crippen molar-refractivity contribution in [2.45, 2.75) is 11.8 Å². The van der Waals surface area contributed by atoms with Crippen LogP contribution in [0.25, 0.3) is 0 Å². The summed E-state index contributed by atoms with van der Waals surface area (Å²) < 4.78 is 20.6. The van der Waals surface area contributed by atoms with Gasteiger partial charge in [0.1, 0.15) is 6.61 Å². The Morgan fingerprint density at radius 2 is 2.23 bits per heavy atom. The van der Waals surface area contributed by atoms with Gasteiger partial charge in [-0.25, -0.2) is 14.1 Å². The maximum atomic E-state index is 13.6. The predicted molar refractivity (Wildman–Crippen MR) is 79.8 cm³/mol. The Labute approximate surface area is 130 Å². The molecule has 1 amide bonds. The molecule has 0 unspecified atom stereocenters. The SMILES string of the molecule is C=CCN1C(=O)CSc2nnc(COc3ccccc3F)n21. The summed E-state index contributed by atoms with van der Waals surface area (Å²) in [6.45, 7) is 4.00. The quantitative estimate of drug-likeness (QED) is 0.786. The average molecular weight is 320 g/mol. The van der Waals surface area contributed by atoms with Gasteiger partial charge in [0.25, 0.3) is 5.91 Å². The molecule has 1 aliphatic heterocycles. The van der Waals surface area contributed by atoms with Gasteiger partial charge in [-0.1, -0.05) is 30.0 Å². The van der Waals surface area contributed by atoms with E-state index >= 15 is 0 Å². The van der Waals surface area contributed by atoms with Gasteiger partial charge >= 0.3 is 0 Å². The lowest BCUT2D eigenvalue weighted by atomic mass is 10.3. The summed E-state index contributed by atoms with van der Waals surface area (Å²) in [6.07, 6.45) is 1.62. The highest BCUT2D eigenvalue weighted by molar-refractivity contribution is 7.99. The standard InChI is InChI=1S/C14H13FN4O2S/c1-2-7-18-13(20)9-22-14-17-16-12(19(14)18)8-21-11-6-4-3-5-10(11)15/h2-6H,1,7-9H2. The number of aromatic nitrogens is 3. The number of fused-ring (bicyclic) bond motifs is 1. The molecule has 0 saturated carbocycles. The number of para-hydroxylation sites is 1. The highest BCUT2D eigenvalue weighted by atomic mass is 32.2. The van der Waals surface area contributed by atoms with Crippen LogP contribution in [0.2, 0.25) is 0 Å². The fourth-order valence-corrected chi connectivity index (χ4v) is 2.87. The molecule has 0 atom stereocenters. The van der Waals surface area contributed by atoms with Crippen molar-refractivity contribution in [3.63, 3.8) is 0 Å². The van der Waals surface area contributed by atoms with Crippen LogP contribution in [-0.2, 0) is 11.4 Å². The molecule has 6 nitrogen and oxygen atoms in total. The lowest BCUT2D eigenvalue weighted by Gasteiger charge is -2.27. The normalized spacial score (nSPS) is 13.9. The van der Waals surface area contributed by atoms with E-state index in [1.807, 2.05) is 0 Å². The Morgan fingerprint density at radius 1 is 1.41 bits per heavy atom. The summed E-state index contributed by atoms with van der Waals surface area (Å²) in [6, 6.07) is 6.12. The predicted octanol–water partition coefficient (Wildman–Crippen LogP) is 1.75. The Morgan fingerprint density at radius 3 is 3.00 bits per heavy atom. The van der Waals surface area contributed by atoms with Gasteiger partial charge < -0.3 is 4.74 Å². The number of hydrogen-bond acceptors (Lipinski definition) is 5. The van der Waals surface area contributed by atoms with Crippen molar-refractivity contribution in [3.8, 4) is 5.75 Å². The molecule has 3 rings (SSSR count). The number of halogens is 1. The molecule has 0 N–H and O–H groups in total. The minimum Gasteiger partial charge on any atom is -0.482 e.